The van der Waals surface area contributed by atoms with Gasteiger partial charge in [-0.2, -0.15) is 14.4 Å². The van der Waals surface area contributed by atoms with Crippen LogP contribution in [-0.4, -0.2) is 61.4 Å². The molecule has 0 radical (unpaired) electrons. The van der Waals surface area contributed by atoms with E-state index in [-0.39, 0.29) is 17.7 Å². The van der Waals surface area contributed by atoms with Crippen molar-refractivity contribution in [3.8, 4) is 11.8 Å². The number of piperazine rings is 1. The standard InChI is InChI=1S/C15H17FN6O3/c1-3-4-5-22-10-11(17-13(16)19(2)12(10)23)18-14(22)20-6-8-21(9-7-20)15(24)25/h5-9H2,1-2H3,(H,24,25). The Labute approximate surface area is 142 Å². The second-order valence-corrected chi connectivity index (χ2v) is 5.60. The van der Waals surface area contributed by atoms with E-state index in [1.807, 2.05) is 4.90 Å². The lowest BCUT2D eigenvalue weighted by molar-refractivity contribution is 0.142. The zero-order valence-corrected chi connectivity index (χ0v) is 13.9. The van der Waals surface area contributed by atoms with Crippen molar-refractivity contribution >= 4 is 23.2 Å². The Kier molecular flexibility index (Phi) is 4.31. The molecule has 1 aliphatic heterocycles. The van der Waals surface area contributed by atoms with Crippen LogP contribution >= 0.6 is 0 Å². The van der Waals surface area contributed by atoms with Gasteiger partial charge < -0.3 is 14.9 Å². The van der Waals surface area contributed by atoms with Gasteiger partial charge in [0.25, 0.3) is 11.6 Å². The number of amides is 1. The third-order valence-corrected chi connectivity index (χ3v) is 4.16. The molecule has 1 N–H and O–H groups in total. The summed E-state index contributed by atoms with van der Waals surface area (Å²) in [4.78, 5) is 34.7. The molecule has 0 aromatic carbocycles. The largest absolute Gasteiger partial charge is 0.465 e. The number of rotatable bonds is 2. The van der Waals surface area contributed by atoms with Crippen molar-refractivity contribution in [3.05, 3.63) is 16.4 Å². The fraction of sp³-hybridized carbons (Fsp3) is 0.467. The number of anilines is 1. The lowest BCUT2D eigenvalue weighted by Crippen LogP contribution is -2.49. The fourth-order valence-electron chi connectivity index (χ4n) is 2.77. The number of hydrogen-bond acceptors (Lipinski definition) is 5. The van der Waals surface area contributed by atoms with E-state index >= 15 is 0 Å². The van der Waals surface area contributed by atoms with Gasteiger partial charge >= 0.3 is 6.09 Å². The quantitative estimate of drug-likeness (QED) is 0.610. The molecule has 0 saturated carbocycles. The van der Waals surface area contributed by atoms with E-state index in [1.165, 1.54) is 11.9 Å². The molecule has 3 heterocycles. The molecule has 1 aliphatic rings. The maximum Gasteiger partial charge on any atom is 0.407 e. The van der Waals surface area contributed by atoms with Crippen LogP contribution in [0.2, 0.25) is 0 Å². The van der Waals surface area contributed by atoms with Gasteiger partial charge in [-0.25, -0.2) is 4.79 Å². The van der Waals surface area contributed by atoms with E-state index < -0.39 is 17.7 Å². The first kappa shape index (κ1) is 16.8. The van der Waals surface area contributed by atoms with Crippen LogP contribution in [0, 0.1) is 17.9 Å². The predicted octanol–water partition coefficient (Wildman–Crippen LogP) is 0.0924. The van der Waals surface area contributed by atoms with Crippen LogP contribution < -0.4 is 10.5 Å². The molecular formula is C15H17FN6O3. The Bertz CT molecular complexity index is 946. The molecule has 0 aliphatic carbocycles. The molecule has 0 unspecified atom stereocenters. The minimum atomic E-state index is -0.970. The Morgan fingerprint density at radius 1 is 1.28 bits per heavy atom. The van der Waals surface area contributed by atoms with Crippen molar-refractivity contribution in [2.75, 3.05) is 31.1 Å². The Morgan fingerprint density at radius 2 is 1.96 bits per heavy atom. The van der Waals surface area contributed by atoms with Crippen LogP contribution in [0.15, 0.2) is 4.79 Å². The lowest BCUT2D eigenvalue weighted by atomic mass is 10.3. The highest BCUT2D eigenvalue weighted by molar-refractivity contribution is 5.74. The van der Waals surface area contributed by atoms with Crippen molar-refractivity contribution in [2.24, 2.45) is 7.05 Å². The molecule has 132 valence electrons. The first-order valence-corrected chi connectivity index (χ1v) is 7.69. The third kappa shape index (κ3) is 2.88. The van der Waals surface area contributed by atoms with E-state index in [0.717, 1.165) is 4.57 Å². The summed E-state index contributed by atoms with van der Waals surface area (Å²) in [6, 6.07) is 0. The highest BCUT2D eigenvalue weighted by atomic mass is 19.1. The van der Waals surface area contributed by atoms with E-state index in [1.54, 1.807) is 11.5 Å². The van der Waals surface area contributed by atoms with Crippen LogP contribution in [0.25, 0.3) is 11.2 Å². The van der Waals surface area contributed by atoms with Crippen molar-refractivity contribution in [1.29, 1.82) is 0 Å². The summed E-state index contributed by atoms with van der Waals surface area (Å²) in [6.45, 7) is 3.36. The van der Waals surface area contributed by atoms with Crippen molar-refractivity contribution in [3.63, 3.8) is 0 Å². The lowest BCUT2D eigenvalue weighted by Gasteiger charge is -2.33. The van der Waals surface area contributed by atoms with Gasteiger partial charge in [0.2, 0.25) is 5.95 Å². The zero-order chi connectivity index (χ0) is 18.1. The average molecular weight is 348 g/mol. The molecule has 2 aromatic heterocycles. The smallest absolute Gasteiger partial charge is 0.407 e. The number of imidazole rings is 1. The fourth-order valence-corrected chi connectivity index (χ4v) is 2.77. The summed E-state index contributed by atoms with van der Waals surface area (Å²) in [6.07, 6.45) is -1.88. The van der Waals surface area contributed by atoms with Crippen molar-refractivity contribution in [1.82, 2.24) is 24.0 Å². The van der Waals surface area contributed by atoms with Gasteiger partial charge in [-0.05, 0) is 6.92 Å². The molecule has 1 saturated heterocycles. The van der Waals surface area contributed by atoms with Gasteiger partial charge in [0.1, 0.15) is 0 Å². The summed E-state index contributed by atoms with van der Waals surface area (Å²) in [5.74, 6) is 6.09. The summed E-state index contributed by atoms with van der Waals surface area (Å²) in [5.41, 5.74) is -0.334. The minimum Gasteiger partial charge on any atom is -0.465 e. The van der Waals surface area contributed by atoms with Gasteiger partial charge in [0, 0.05) is 33.2 Å². The van der Waals surface area contributed by atoms with Gasteiger partial charge in [-0.1, -0.05) is 5.92 Å². The minimum absolute atomic E-state index is 0.0224. The van der Waals surface area contributed by atoms with Gasteiger partial charge in [0.05, 0.1) is 6.54 Å². The van der Waals surface area contributed by atoms with Crippen LogP contribution in [0.1, 0.15) is 6.92 Å². The maximum absolute atomic E-state index is 13.8. The number of hydrogen-bond donors (Lipinski definition) is 1. The summed E-state index contributed by atoms with van der Waals surface area (Å²) in [7, 11) is 1.30. The van der Waals surface area contributed by atoms with E-state index in [4.69, 9.17) is 5.11 Å². The van der Waals surface area contributed by atoms with Gasteiger partial charge in [-0.15, -0.1) is 5.92 Å². The van der Waals surface area contributed by atoms with Crippen LogP contribution in [0.5, 0.6) is 0 Å². The van der Waals surface area contributed by atoms with Crippen LogP contribution in [-0.2, 0) is 13.6 Å². The van der Waals surface area contributed by atoms with E-state index in [9.17, 15) is 14.0 Å². The summed E-state index contributed by atoms with van der Waals surface area (Å²) < 4.78 is 16.2. The molecule has 0 spiro atoms. The molecule has 2 aromatic rings. The number of carbonyl (C=O) groups is 1. The maximum atomic E-state index is 13.8. The number of carboxylic acid groups (broad SMARTS) is 1. The molecule has 1 amide bonds. The van der Waals surface area contributed by atoms with E-state index in [2.05, 4.69) is 21.8 Å². The van der Waals surface area contributed by atoms with Crippen molar-refractivity contribution in [2.45, 2.75) is 13.5 Å². The average Bonchev–Trinajstić information content (AvgIpc) is 2.96. The highest BCUT2D eigenvalue weighted by Gasteiger charge is 2.26. The zero-order valence-electron chi connectivity index (χ0n) is 13.9. The third-order valence-electron chi connectivity index (χ3n) is 4.16. The van der Waals surface area contributed by atoms with Gasteiger partial charge in [0.15, 0.2) is 11.2 Å². The van der Waals surface area contributed by atoms with Crippen molar-refractivity contribution < 1.29 is 14.3 Å². The highest BCUT2D eigenvalue weighted by Crippen LogP contribution is 2.20. The number of nitrogens with zero attached hydrogens (tertiary/aromatic N) is 6. The first-order valence-electron chi connectivity index (χ1n) is 7.69. The molecule has 9 nitrogen and oxygen atoms in total. The molecule has 0 atom stereocenters. The molecule has 10 heteroatoms. The normalized spacial score (nSPS) is 14.5. The second kappa shape index (κ2) is 6.43. The molecular weight excluding hydrogens is 331 g/mol. The number of halogens is 1. The SMILES string of the molecule is CC#CCn1c(N2CCN(C(=O)O)CC2)nc2nc(F)n(C)c(=O)c21. The van der Waals surface area contributed by atoms with Crippen LogP contribution in [0.4, 0.5) is 15.1 Å². The van der Waals surface area contributed by atoms with Crippen LogP contribution in [0.3, 0.4) is 0 Å². The molecule has 0 bridgehead atoms. The Morgan fingerprint density at radius 3 is 2.56 bits per heavy atom. The monoisotopic (exact) mass is 348 g/mol. The summed E-state index contributed by atoms with van der Waals surface area (Å²) in [5, 5.41) is 9.05. The summed E-state index contributed by atoms with van der Waals surface area (Å²) >= 11 is 0. The Balaban J connectivity index is 2.08. The molecule has 25 heavy (non-hydrogen) atoms. The van der Waals surface area contributed by atoms with E-state index in [0.29, 0.717) is 32.1 Å². The number of aromatic nitrogens is 4. The topological polar surface area (TPSA) is 96.5 Å². The molecule has 3 rings (SSSR count). The molecule has 1 fully saturated rings. The first-order chi connectivity index (χ1) is 11.9. The second-order valence-electron chi connectivity index (χ2n) is 5.60. The van der Waals surface area contributed by atoms with Gasteiger partial charge in [-0.3, -0.25) is 13.9 Å². The number of fused-ring (bicyclic) bond motifs is 1. The Hall–Kier alpha value is -3.09. The predicted molar refractivity (Wildman–Crippen MR) is 88.0 cm³/mol.